The third kappa shape index (κ3) is 38.1. The Morgan fingerprint density at radius 2 is 1.04 bits per heavy atom. The molecule has 11 nitrogen and oxygen atoms in total. The molecule has 6 N–H and O–H groups in total. The maximum Gasteiger partial charge on any atom is 0.306 e. The van der Waals surface area contributed by atoms with Crippen molar-refractivity contribution in [3.05, 3.63) is 85.1 Å². The molecule has 73 heavy (non-hydrogen) atoms. The highest BCUT2D eigenvalue weighted by Gasteiger charge is 2.47. The van der Waals surface area contributed by atoms with Crippen LogP contribution in [0.4, 0.5) is 0 Å². The first kappa shape index (κ1) is 67.9. The van der Waals surface area contributed by atoms with Gasteiger partial charge in [0, 0.05) is 6.42 Å². The lowest BCUT2D eigenvalue weighted by atomic mass is 9.99. The quantitative estimate of drug-likeness (QED) is 0.0149. The first-order valence-corrected chi connectivity index (χ1v) is 29.4. The van der Waals surface area contributed by atoms with Crippen LogP contribution in [0, 0.1) is 0 Å². The van der Waals surface area contributed by atoms with Crippen molar-refractivity contribution in [3.63, 3.8) is 0 Å². The summed E-state index contributed by atoms with van der Waals surface area (Å²) in [5.74, 6) is -1.23. The van der Waals surface area contributed by atoms with Gasteiger partial charge in [-0.05, 0) is 77.0 Å². The van der Waals surface area contributed by atoms with E-state index < -0.39 is 67.4 Å². The number of nitrogens with one attached hydrogen (secondary N) is 1. The highest BCUT2D eigenvalue weighted by Crippen LogP contribution is 2.26. The molecular formula is C62H107NO10. The molecule has 0 aromatic rings. The Bertz CT molecular complexity index is 1510. The molecule has 0 saturated carbocycles. The first-order chi connectivity index (χ1) is 35.7. The summed E-state index contributed by atoms with van der Waals surface area (Å²) in [6, 6.07) is -1.04. The highest BCUT2D eigenvalue weighted by molar-refractivity contribution is 5.80. The minimum Gasteiger partial charge on any atom is -0.454 e. The molecule has 1 aliphatic rings. The minimum absolute atomic E-state index is 0.0928. The lowest BCUT2D eigenvalue weighted by Crippen LogP contribution is -2.61. The Kier molecular flexibility index (Phi) is 46.2. The molecule has 0 aromatic heterocycles. The van der Waals surface area contributed by atoms with Crippen molar-refractivity contribution >= 4 is 11.9 Å². The molecule has 0 spiro atoms. The number of carbonyl (C=O) groups is 2. The third-order valence-electron chi connectivity index (χ3n) is 13.4. The zero-order chi connectivity index (χ0) is 53.3. The smallest absolute Gasteiger partial charge is 0.306 e. The van der Waals surface area contributed by atoms with Crippen molar-refractivity contribution < 1.29 is 49.3 Å². The maximum atomic E-state index is 13.4. The van der Waals surface area contributed by atoms with Gasteiger partial charge in [-0.15, -0.1) is 0 Å². The number of hydrogen-bond acceptors (Lipinski definition) is 10. The van der Waals surface area contributed by atoms with Gasteiger partial charge in [-0.3, -0.25) is 9.59 Å². The van der Waals surface area contributed by atoms with Crippen molar-refractivity contribution in [1.82, 2.24) is 5.32 Å². The van der Waals surface area contributed by atoms with Gasteiger partial charge < -0.3 is 45.1 Å². The van der Waals surface area contributed by atoms with Crippen LogP contribution >= 0.6 is 0 Å². The summed E-state index contributed by atoms with van der Waals surface area (Å²) in [4.78, 5) is 26.5. The summed E-state index contributed by atoms with van der Waals surface area (Å²) in [7, 11) is 0. The molecule has 420 valence electrons. The molecule has 0 radical (unpaired) electrons. The van der Waals surface area contributed by atoms with Gasteiger partial charge in [-0.25, -0.2) is 0 Å². The monoisotopic (exact) mass is 1030 g/mol. The fraction of sp³-hybridized carbons (Fsp3) is 0.742. The van der Waals surface area contributed by atoms with Crippen LogP contribution in [-0.4, -0.2) is 99.6 Å². The van der Waals surface area contributed by atoms with E-state index in [-0.39, 0.29) is 19.4 Å². The van der Waals surface area contributed by atoms with Crippen LogP contribution in [0.3, 0.4) is 0 Å². The van der Waals surface area contributed by atoms with Crippen molar-refractivity contribution in [2.45, 2.75) is 282 Å². The first-order valence-electron chi connectivity index (χ1n) is 29.4. The van der Waals surface area contributed by atoms with Gasteiger partial charge >= 0.3 is 5.97 Å². The van der Waals surface area contributed by atoms with E-state index in [1.54, 1.807) is 6.08 Å². The molecule has 1 rings (SSSR count). The summed E-state index contributed by atoms with van der Waals surface area (Å²) in [5, 5.41) is 56.9. The zero-order valence-corrected chi connectivity index (χ0v) is 46.2. The second kappa shape index (κ2) is 49.7. The minimum atomic E-state index is -1.63. The Morgan fingerprint density at radius 1 is 0.562 bits per heavy atom. The second-order valence-corrected chi connectivity index (χ2v) is 20.1. The van der Waals surface area contributed by atoms with E-state index in [0.29, 0.717) is 12.8 Å². The lowest BCUT2D eigenvalue weighted by Gasteiger charge is -2.41. The van der Waals surface area contributed by atoms with Gasteiger partial charge in [0.05, 0.1) is 25.4 Å². The molecule has 8 unspecified atom stereocenters. The summed E-state index contributed by atoms with van der Waals surface area (Å²) in [5.41, 5.74) is 0. The molecule has 0 bridgehead atoms. The molecule has 1 heterocycles. The van der Waals surface area contributed by atoms with Gasteiger partial charge in [-0.1, -0.05) is 234 Å². The van der Waals surface area contributed by atoms with Crippen LogP contribution in [0.2, 0.25) is 0 Å². The average molecular weight is 1030 g/mol. The molecule has 0 aliphatic carbocycles. The largest absolute Gasteiger partial charge is 0.454 e. The second-order valence-electron chi connectivity index (χ2n) is 20.1. The summed E-state index contributed by atoms with van der Waals surface area (Å²) >= 11 is 0. The standard InChI is InChI=1S/C62H107NO10/c1-4-7-10-13-16-19-22-25-27-29-31-34-37-40-43-46-49-55(66)61(70)63-53(54(65)48-45-42-39-36-33-30-24-21-18-15-12-9-6-3)52-71-62-60(59(69)58(68)56(51-64)72-62)73-57(67)50-47-44-41-38-35-32-28-26-23-20-17-14-11-8-5-2/h8,11,14,16-17,19-20,23,25-28,45,48,53-56,58-60,62,64-66,68-69H,4-7,9-10,12-13,15,18,21-22,24,29-44,46-47,49-52H2,1-3H3,(H,63,70)/b11-8+,17-14+,19-16-,23-20+,27-25-,28-26-,48-45+. The number of esters is 1. The van der Waals surface area contributed by atoms with E-state index in [2.05, 4.69) is 62.5 Å². The van der Waals surface area contributed by atoms with Crippen molar-refractivity contribution in [3.8, 4) is 0 Å². The third-order valence-corrected chi connectivity index (χ3v) is 13.4. The number of aliphatic hydroxyl groups is 5. The van der Waals surface area contributed by atoms with E-state index in [0.717, 1.165) is 103 Å². The number of aliphatic hydroxyl groups excluding tert-OH is 5. The average Bonchev–Trinajstić information content (AvgIpc) is 3.39. The lowest BCUT2D eigenvalue weighted by molar-refractivity contribution is -0.305. The van der Waals surface area contributed by atoms with E-state index in [1.165, 1.54) is 83.5 Å². The molecule has 0 aromatic carbocycles. The Labute approximate surface area is 444 Å². The molecule has 1 amide bonds. The number of hydrogen-bond donors (Lipinski definition) is 6. The van der Waals surface area contributed by atoms with E-state index in [4.69, 9.17) is 14.2 Å². The number of ether oxygens (including phenoxy) is 3. The Morgan fingerprint density at radius 3 is 1.62 bits per heavy atom. The SMILES string of the molecule is CC/C=C/C=C/C=C/C=C\CCCCCCCC(=O)OC1C(OCC(NC(=O)C(O)CCCCCCCC/C=C\C/C=C\CCCCC)C(O)/C=C/CCCCCCCCCCCCC)OC(CO)C(O)C1O. The van der Waals surface area contributed by atoms with Crippen molar-refractivity contribution in [1.29, 1.82) is 0 Å². The van der Waals surface area contributed by atoms with Gasteiger partial charge in [0.15, 0.2) is 12.4 Å². The number of allylic oxidation sites excluding steroid dienone is 13. The predicted molar refractivity (Wildman–Crippen MR) is 301 cm³/mol. The summed E-state index contributed by atoms with van der Waals surface area (Å²) in [6.45, 7) is 5.59. The predicted octanol–water partition coefficient (Wildman–Crippen LogP) is 13.4. The van der Waals surface area contributed by atoms with Crippen molar-refractivity contribution in [2.75, 3.05) is 13.2 Å². The van der Waals surface area contributed by atoms with E-state index in [9.17, 15) is 35.1 Å². The van der Waals surface area contributed by atoms with Crippen LogP contribution in [0.5, 0.6) is 0 Å². The van der Waals surface area contributed by atoms with Crippen molar-refractivity contribution in [2.24, 2.45) is 0 Å². The maximum absolute atomic E-state index is 13.4. The van der Waals surface area contributed by atoms with Gasteiger partial charge in [0.1, 0.15) is 24.4 Å². The van der Waals surface area contributed by atoms with Gasteiger partial charge in [0.25, 0.3) is 0 Å². The molecular weight excluding hydrogens is 919 g/mol. The Balaban J connectivity index is 2.76. The molecule has 11 heteroatoms. The highest BCUT2D eigenvalue weighted by atomic mass is 16.7. The molecule has 1 saturated heterocycles. The summed E-state index contributed by atoms with van der Waals surface area (Å²) < 4.78 is 17.6. The van der Waals surface area contributed by atoms with Crippen LogP contribution in [-0.2, 0) is 23.8 Å². The van der Waals surface area contributed by atoms with Gasteiger partial charge in [0.2, 0.25) is 5.91 Å². The van der Waals surface area contributed by atoms with E-state index in [1.807, 2.05) is 42.5 Å². The normalized spacial score (nSPS) is 20.0. The van der Waals surface area contributed by atoms with Gasteiger partial charge in [-0.2, -0.15) is 0 Å². The summed E-state index contributed by atoms with van der Waals surface area (Å²) in [6.07, 6.45) is 53.3. The number of amides is 1. The molecule has 1 fully saturated rings. The van der Waals surface area contributed by atoms with Crippen LogP contribution in [0.1, 0.15) is 233 Å². The Hall–Kier alpha value is -3.16. The zero-order valence-electron chi connectivity index (χ0n) is 46.2. The van der Waals surface area contributed by atoms with E-state index >= 15 is 0 Å². The number of carbonyl (C=O) groups excluding carboxylic acids is 2. The topological polar surface area (TPSA) is 175 Å². The van der Waals surface area contributed by atoms with Crippen LogP contribution in [0.25, 0.3) is 0 Å². The fourth-order valence-corrected chi connectivity index (χ4v) is 8.69. The van der Waals surface area contributed by atoms with Crippen LogP contribution in [0.15, 0.2) is 85.1 Å². The molecule has 8 atom stereocenters. The fourth-order valence-electron chi connectivity index (χ4n) is 8.69. The number of unbranched alkanes of at least 4 members (excludes halogenated alkanes) is 25. The van der Waals surface area contributed by atoms with Crippen LogP contribution < -0.4 is 5.32 Å². The number of rotatable bonds is 48. The molecule has 1 aliphatic heterocycles.